The lowest BCUT2D eigenvalue weighted by molar-refractivity contribution is -0.122. The zero-order chi connectivity index (χ0) is 10.3. The predicted octanol–water partition coefficient (Wildman–Crippen LogP) is 0.683. The molecule has 4 nitrogen and oxygen atoms in total. The summed E-state index contributed by atoms with van der Waals surface area (Å²) in [5.41, 5.74) is 10.6. The van der Waals surface area contributed by atoms with Gasteiger partial charge in [0, 0.05) is 0 Å². The monoisotopic (exact) mass is 351 g/mol. The van der Waals surface area contributed by atoms with Gasteiger partial charge in [0.2, 0.25) is 5.91 Å². The first kappa shape index (κ1) is 20.7. The number of amides is 1. The van der Waals surface area contributed by atoms with Crippen LogP contribution in [-0.4, -0.2) is 31.2 Å². The van der Waals surface area contributed by atoms with Gasteiger partial charge in [0.15, 0.2) is 0 Å². The van der Waals surface area contributed by atoms with E-state index in [1.54, 1.807) is 6.92 Å². The Balaban J connectivity index is -0.000000720. The summed E-state index contributed by atoms with van der Waals surface area (Å²) in [6, 6.07) is -1.03. The maximum atomic E-state index is 12.3. The maximum Gasteiger partial charge on any atom is 0.236 e. The molecule has 0 aliphatic heterocycles. The molecule has 0 bridgehead atoms. The highest BCUT2D eigenvalue weighted by Gasteiger charge is 2.13. The second kappa shape index (κ2) is 12.4. The summed E-state index contributed by atoms with van der Waals surface area (Å²) in [5.74, 6) is -0.320. The normalized spacial score (nSPS) is 13.1. The van der Waals surface area contributed by atoms with E-state index in [9.17, 15) is 9.18 Å². The lowest BCUT2D eigenvalue weighted by Gasteiger charge is -2.16. The summed E-state index contributed by atoms with van der Waals surface area (Å²) in [4.78, 5) is 11.0. The van der Waals surface area contributed by atoms with E-state index >= 15 is 0 Å². The van der Waals surface area contributed by atoms with Crippen LogP contribution >= 0.6 is 34.0 Å². The van der Waals surface area contributed by atoms with Crippen molar-refractivity contribution in [2.45, 2.75) is 31.8 Å². The van der Waals surface area contributed by atoms with E-state index in [4.69, 9.17) is 11.5 Å². The molecule has 0 spiro atoms. The SMILES string of the molecule is Br.Br.CC(N)C(=O)NC(CF)CCCN. The third kappa shape index (κ3) is 10.6. The van der Waals surface area contributed by atoms with Crippen molar-refractivity contribution >= 4 is 39.9 Å². The van der Waals surface area contributed by atoms with Gasteiger partial charge in [-0.05, 0) is 26.3 Å². The van der Waals surface area contributed by atoms with Crippen LogP contribution in [0, 0.1) is 0 Å². The van der Waals surface area contributed by atoms with Crippen molar-refractivity contribution in [1.82, 2.24) is 5.32 Å². The van der Waals surface area contributed by atoms with Gasteiger partial charge in [0.1, 0.15) is 6.67 Å². The molecular weight excluding hydrogens is 333 g/mol. The molecule has 0 heterocycles. The van der Waals surface area contributed by atoms with Crippen LogP contribution in [0.4, 0.5) is 4.39 Å². The minimum absolute atomic E-state index is 0. The molecule has 94 valence electrons. The molecule has 0 rings (SSSR count). The van der Waals surface area contributed by atoms with E-state index in [1.807, 2.05) is 0 Å². The number of hydrogen-bond donors (Lipinski definition) is 3. The van der Waals surface area contributed by atoms with Gasteiger partial charge in [-0.2, -0.15) is 0 Å². The Morgan fingerprint density at radius 1 is 1.47 bits per heavy atom. The van der Waals surface area contributed by atoms with Crippen LogP contribution in [-0.2, 0) is 4.79 Å². The average Bonchev–Trinajstić information content (AvgIpc) is 2.11. The molecule has 0 aromatic rings. The molecule has 2 atom stereocenters. The molecule has 0 saturated heterocycles. The Labute approximate surface area is 111 Å². The number of alkyl halides is 1. The molecule has 0 saturated carbocycles. The second-order valence-electron chi connectivity index (χ2n) is 3.08. The summed E-state index contributed by atoms with van der Waals surface area (Å²) < 4.78 is 12.3. The number of carbonyl (C=O) groups is 1. The largest absolute Gasteiger partial charge is 0.349 e. The van der Waals surface area contributed by atoms with Crippen molar-refractivity contribution in [2.24, 2.45) is 11.5 Å². The van der Waals surface area contributed by atoms with Crippen molar-refractivity contribution in [3.63, 3.8) is 0 Å². The zero-order valence-electron chi connectivity index (χ0n) is 8.74. The molecule has 0 aliphatic carbocycles. The zero-order valence-corrected chi connectivity index (χ0v) is 12.2. The van der Waals surface area contributed by atoms with Gasteiger partial charge in [-0.25, -0.2) is 4.39 Å². The summed E-state index contributed by atoms with van der Waals surface area (Å²) >= 11 is 0. The van der Waals surface area contributed by atoms with Crippen LogP contribution in [0.2, 0.25) is 0 Å². The van der Waals surface area contributed by atoms with Crippen molar-refractivity contribution in [1.29, 1.82) is 0 Å². The fourth-order valence-electron chi connectivity index (χ4n) is 0.885. The number of nitrogens with one attached hydrogen (secondary N) is 1. The van der Waals surface area contributed by atoms with Crippen molar-refractivity contribution < 1.29 is 9.18 Å². The maximum absolute atomic E-state index is 12.3. The molecule has 5 N–H and O–H groups in total. The second-order valence-corrected chi connectivity index (χ2v) is 3.08. The first-order valence-electron chi connectivity index (χ1n) is 4.43. The number of carbonyl (C=O) groups excluding carboxylic acids is 1. The molecule has 0 aromatic carbocycles. The van der Waals surface area contributed by atoms with Gasteiger partial charge in [0.25, 0.3) is 0 Å². The average molecular weight is 353 g/mol. The smallest absolute Gasteiger partial charge is 0.236 e. The molecule has 2 unspecified atom stereocenters. The van der Waals surface area contributed by atoms with Crippen LogP contribution in [0.3, 0.4) is 0 Å². The van der Waals surface area contributed by atoms with Crippen LogP contribution in [0.1, 0.15) is 19.8 Å². The highest BCUT2D eigenvalue weighted by atomic mass is 79.9. The number of rotatable bonds is 6. The fraction of sp³-hybridized carbons (Fsp3) is 0.875. The number of halogens is 3. The van der Waals surface area contributed by atoms with Crippen LogP contribution in [0.25, 0.3) is 0 Å². The molecule has 0 aliphatic rings. The molecule has 1 amide bonds. The van der Waals surface area contributed by atoms with Crippen LogP contribution in [0.5, 0.6) is 0 Å². The topological polar surface area (TPSA) is 81.1 Å². The third-order valence-electron chi connectivity index (χ3n) is 1.70. The predicted molar refractivity (Wildman–Crippen MR) is 70.5 cm³/mol. The molecule has 7 heteroatoms. The molecule has 0 radical (unpaired) electrons. The Morgan fingerprint density at radius 3 is 2.33 bits per heavy atom. The summed E-state index contributed by atoms with van der Waals surface area (Å²) in [6.07, 6.45) is 1.26. The third-order valence-corrected chi connectivity index (χ3v) is 1.70. The van der Waals surface area contributed by atoms with E-state index in [0.717, 1.165) is 0 Å². The van der Waals surface area contributed by atoms with Crippen molar-refractivity contribution in [3.05, 3.63) is 0 Å². The highest BCUT2D eigenvalue weighted by molar-refractivity contribution is 8.93. The molecule has 15 heavy (non-hydrogen) atoms. The van der Waals surface area contributed by atoms with Gasteiger partial charge in [-0.1, -0.05) is 0 Å². The summed E-state index contributed by atoms with van der Waals surface area (Å²) in [6.45, 7) is 1.50. The number of hydrogen-bond acceptors (Lipinski definition) is 3. The Morgan fingerprint density at radius 2 is 2.00 bits per heavy atom. The van der Waals surface area contributed by atoms with E-state index in [2.05, 4.69) is 5.32 Å². The van der Waals surface area contributed by atoms with Gasteiger partial charge in [-0.15, -0.1) is 34.0 Å². The van der Waals surface area contributed by atoms with Gasteiger partial charge in [0.05, 0.1) is 12.1 Å². The highest BCUT2D eigenvalue weighted by Crippen LogP contribution is 1.97. The molecule has 0 fully saturated rings. The summed E-state index contributed by atoms with van der Waals surface area (Å²) in [5, 5.41) is 2.51. The number of nitrogens with two attached hydrogens (primary N) is 2. The van der Waals surface area contributed by atoms with Gasteiger partial charge >= 0.3 is 0 Å². The van der Waals surface area contributed by atoms with Gasteiger partial charge < -0.3 is 16.8 Å². The van der Waals surface area contributed by atoms with Crippen LogP contribution in [0.15, 0.2) is 0 Å². The van der Waals surface area contributed by atoms with Crippen molar-refractivity contribution in [2.75, 3.05) is 13.2 Å². The van der Waals surface area contributed by atoms with E-state index < -0.39 is 18.8 Å². The molecular formula is C8H20Br2FN3O. The quantitative estimate of drug-likeness (QED) is 0.657. The Hall–Kier alpha value is 0.280. The Bertz CT molecular complexity index is 161. The van der Waals surface area contributed by atoms with Crippen LogP contribution < -0.4 is 16.8 Å². The minimum atomic E-state index is -0.591. The lowest BCUT2D eigenvalue weighted by atomic mass is 10.1. The standard InChI is InChI=1S/C8H18FN3O.2BrH/c1-6(11)8(13)12-7(5-9)3-2-4-10;;/h6-7H,2-5,10-11H2,1H3,(H,12,13);2*1H. The van der Waals surface area contributed by atoms with E-state index in [-0.39, 0.29) is 39.9 Å². The molecule has 0 aromatic heterocycles. The first-order valence-corrected chi connectivity index (χ1v) is 4.43. The van der Waals surface area contributed by atoms with Crippen molar-refractivity contribution in [3.8, 4) is 0 Å². The van der Waals surface area contributed by atoms with E-state index in [1.165, 1.54) is 0 Å². The Kier molecular flexibility index (Phi) is 17.0. The lowest BCUT2D eigenvalue weighted by Crippen LogP contribution is -2.44. The minimum Gasteiger partial charge on any atom is -0.349 e. The van der Waals surface area contributed by atoms with E-state index in [0.29, 0.717) is 19.4 Å². The summed E-state index contributed by atoms with van der Waals surface area (Å²) in [7, 11) is 0. The first-order chi connectivity index (χ1) is 6.11. The van der Waals surface area contributed by atoms with Gasteiger partial charge in [-0.3, -0.25) is 4.79 Å². The fourth-order valence-corrected chi connectivity index (χ4v) is 0.885.